The molecule has 1 aromatic rings. The summed E-state index contributed by atoms with van der Waals surface area (Å²) in [7, 11) is 0. The lowest BCUT2D eigenvalue weighted by atomic mass is 9.70. The van der Waals surface area contributed by atoms with Gasteiger partial charge in [0.05, 0.1) is 23.5 Å². The maximum atomic E-state index is 13.4. The zero-order valence-corrected chi connectivity index (χ0v) is 21.5. The van der Waals surface area contributed by atoms with E-state index >= 15 is 0 Å². The smallest absolute Gasteiger partial charge is 0.276 e. The minimum atomic E-state index is -0.848. The van der Waals surface area contributed by atoms with Crippen LogP contribution in [0.3, 0.4) is 0 Å². The van der Waals surface area contributed by atoms with Gasteiger partial charge in [0.1, 0.15) is 5.83 Å². The molecule has 0 spiro atoms. The molecule has 0 radical (unpaired) electrons. The van der Waals surface area contributed by atoms with Crippen LogP contribution in [-0.4, -0.2) is 38.1 Å². The Kier molecular flexibility index (Phi) is 7.79. The van der Waals surface area contributed by atoms with Crippen molar-refractivity contribution in [3.63, 3.8) is 0 Å². The molecular weight excluding hydrogens is 516 g/mol. The summed E-state index contributed by atoms with van der Waals surface area (Å²) in [6, 6.07) is 0. The molecule has 3 aliphatic rings. The zero-order valence-electron chi connectivity index (χ0n) is 19.2. The third kappa shape index (κ3) is 5.37. The third-order valence-corrected chi connectivity index (χ3v) is 8.56. The van der Waals surface area contributed by atoms with Crippen LogP contribution in [0, 0.1) is 11.3 Å². The summed E-state index contributed by atoms with van der Waals surface area (Å²) >= 11 is 18.7. The van der Waals surface area contributed by atoms with Gasteiger partial charge in [-0.05, 0) is 42.9 Å². The van der Waals surface area contributed by atoms with E-state index < -0.39 is 34.0 Å². The molecular formula is C25H27Cl3FN3O3. The van der Waals surface area contributed by atoms with Crippen LogP contribution >= 0.6 is 34.8 Å². The van der Waals surface area contributed by atoms with Gasteiger partial charge in [-0.1, -0.05) is 49.1 Å². The minimum Gasteiger partial charge on any atom is -0.503 e. The highest BCUT2D eigenvalue weighted by Gasteiger charge is 2.43. The lowest BCUT2D eigenvalue weighted by Crippen LogP contribution is -2.36. The van der Waals surface area contributed by atoms with Crippen molar-refractivity contribution in [1.82, 2.24) is 15.1 Å². The summed E-state index contributed by atoms with van der Waals surface area (Å²) in [6.45, 7) is 2.51. The van der Waals surface area contributed by atoms with E-state index in [-0.39, 0.29) is 29.7 Å². The van der Waals surface area contributed by atoms with E-state index in [1.165, 1.54) is 17.0 Å². The van der Waals surface area contributed by atoms with Crippen LogP contribution in [0.1, 0.15) is 49.5 Å². The predicted molar refractivity (Wildman–Crippen MR) is 136 cm³/mol. The van der Waals surface area contributed by atoms with Gasteiger partial charge in [0, 0.05) is 17.0 Å². The highest BCUT2D eigenvalue weighted by atomic mass is 35.5. The molecule has 0 saturated heterocycles. The van der Waals surface area contributed by atoms with Gasteiger partial charge in [-0.25, -0.2) is 4.39 Å². The number of aromatic hydroxyl groups is 1. The Bertz CT molecular complexity index is 1200. The predicted octanol–water partition coefficient (Wildman–Crippen LogP) is 5.34. The van der Waals surface area contributed by atoms with Crippen LogP contribution < -0.4 is 10.7 Å². The summed E-state index contributed by atoms with van der Waals surface area (Å²) in [4.78, 5) is 25.3. The SMILES string of the molecule is CC1C(C2(Cn3cc(O)c(=O)c(C(=O)NCC4=CC=C(F)C(Cl)C4)n3)CCCC2)=CC=C(Cl)C1Cl. The van der Waals surface area contributed by atoms with Crippen molar-refractivity contribution in [3.05, 3.63) is 68.4 Å². The van der Waals surface area contributed by atoms with Crippen molar-refractivity contribution in [1.29, 1.82) is 0 Å². The normalized spacial score (nSPS) is 25.9. The molecule has 35 heavy (non-hydrogen) atoms. The monoisotopic (exact) mass is 541 g/mol. The molecule has 6 nitrogen and oxygen atoms in total. The Morgan fingerprint density at radius 3 is 2.66 bits per heavy atom. The number of allylic oxidation sites excluding steroid dienone is 7. The second-order valence-electron chi connectivity index (χ2n) is 9.47. The Labute approximate surface area is 218 Å². The van der Waals surface area contributed by atoms with Gasteiger partial charge in [0.2, 0.25) is 0 Å². The Morgan fingerprint density at radius 1 is 1.26 bits per heavy atom. The Hall–Kier alpha value is -2.09. The number of halogens is 4. The number of nitrogens with zero attached hydrogens (tertiary/aromatic N) is 2. The van der Waals surface area contributed by atoms with E-state index in [0.717, 1.165) is 31.3 Å². The van der Waals surface area contributed by atoms with E-state index in [1.54, 1.807) is 6.08 Å². The van der Waals surface area contributed by atoms with Gasteiger partial charge in [0.25, 0.3) is 11.3 Å². The van der Waals surface area contributed by atoms with Crippen molar-refractivity contribution < 1.29 is 14.3 Å². The van der Waals surface area contributed by atoms with E-state index in [1.807, 2.05) is 19.1 Å². The molecule has 188 valence electrons. The van der Waals surface area contributed by atoms with Gasteiger partial charge >= 0.3 is 0 Å². The summed E-state index contributed by atoms with van der Waals surface area (Å²) in [6.07, 6.45) is 12.0. The molecule has 10 heteroatoms. The number of aromatic nitrogens is 2. The topological polar surface area (TPSA) is 84.2 Å². The molecule has 4 rings (SSSR count). The number of amides is 1. The van der Waals surface area contributed by atoms with Crippen LogP contribution in [0.2, 0.25) is 0 Å². The molecule has 0 aliphatic heterocycles. The fourth-order valence-electron chi connectivity index (χ4n) is 5.23. The quantitative estimate of drug-likeness (QED) is 0.476. The van der Waals surface area contributed by atoms with Gasteiger partial charge in [-0.3, -0.25) is 14.3 Å². The van der Waals surface area contributed by atoms with E-state index in [9.17, 15) is 19.1 Å². The first kappa shape index (κ1) is 26.0. The molecule has 1 fully saturated rings. The summed E-state index contributed by atoms with van der Waals surface area (Å²) in [5.41, 5.74) is 0.347. The fourth-order valence-corrected chi connectivity index (χ4v) is 5.96. The van der Waals surface area contributed by atoms with Crippen LogP contribution in [0.4, 0.5) is 4.39 Å². The van der Waals surface area contributed by atoms with E-state index in [2.05, 4.69) is 10.4 Å². The summed E-state index contributed by atoms with van der Waals surface area (Å²) in [5.74, 6) is -1.69. The molecule has 1 saturated carbocycles. The number of nitrogens with one attached hydrogen (secondary N) is 1. The van der Waals surface area contributed by atoms with Crippen LogP contribution in [0.25, 0.3) is 0 Å². The Morgan fingerprint density at radius 2 is 1.97 bits per heavy atom. The Balaban J connectivity index is 1.58. The van der Waals surface area contributed by atoms with Crippen molar-refractivity contribution in [2.24, 2.45) is 11.3 Å². The van der Waals surface area contributed by atoms with Crippen LogP contribution in [0.5, 0.6) is 5.75 Å². The molecule has 0 bridgehead atoms. The molecule has 2 N–H and O–H groups in total. The first-order valence-electron chi connectivity index (χ1n) is 11.6. The van der Waals surface area contributed by atoms with Gasteiger partial charge in [-0.2, -0.15) is 5.10 Å². The van der Waals surface area contributed by atoms with E-state index in [0.29, 0.717) is 17.2 Å². The average Bonchev–Trinajstić information content (AvgIpc) is 3.29. The maximum absolute atomic E-state index is 13.4. The molecule has 3 atom stereocenters. The second-order valence-corrected chi connectivity index (χ2v) is 10.9. The largest absolute Gasteiger partial charge is 0.503 e. The first-order valence-corrected chi connectivity index (χ1v) is 12.9. The number of rotatable bonds is 6. The van der Waals surface area contributed by atoms with Gasteiger partial charge < -0.3 is 10.4 Å². The number of carbonyl (C=O) groups is 1. The lowest BCUT2D eigenvalue weighted by molar-refractivity contribution is 0.0946. The van der Waals surface area contributed by atoms with Crippen LogP contribution in [-0.2, 0) is 6.54 Å². The molecule has 3 unspecified atom stereocenters. The van der Waals surface area contributed by atoms with Gasteiger partial charge in [0.15, 0.2) is 11.4 Å². The number of alkyl halides is 2. The average molecular weight is 543 g/mol. The lowest BCUT2D eigenvalue weighted by Gasteiger charge is -2.38. The highest BCUT2D eigenvalue weighted by Crippen LogP contribution is 2.51. The van der Waals surface area contributed by atoms with Crippen molar-refractivity contribution >= 4 is 40.7 Å². The second kappa shape index (κ2) is 10.5. The molecule has 0 aromatic carbocycles. The molecule has 3 aliphatic carbocycles. The van der Waals surface area contributed by atoms with Gasteiger partial charge in [-0.15, -0.1) is 23.2 Å². The molecule has 1 aromatic heterocycles. The number of hydrogen-bond acceptors (Lipinski definition) is 4. The summed E-state index contributed by atoms with van der Waals surface area (Å²) < 4.78 is 14.9. The van der Waals surface area contributed by atoms with Crippen molar-refractivity contribution in [2.75, 3.05) is 6.54 Å². The summed E-state index contributed by atoms with van der Waals surface area (Å²) in [5, 5.41) is 16.7. The zero-order chi connectivity index (χ0) is 25.3. The van der Waals surface area contributed by atoms with Crippen molar-refractivity contribution in [2.45, 2.75) is 56.3 Å². The maximum Gasteiger partial charge on any atom is 0.276 e. The van der Waals surface area contributed by atoms with Crippen LogP contribution in [0.15, 0.2) is 57.3 Å². The highest BCUT2D eigenvalue weighted by molar-refractivity contribution is 6.37. The molecule has 1 amide bonds. The minimum absolute atomic E-state index is 0.0106. The van der Waals surface area contributed by atoms with Crippen molar-refractivity contribution in [3.8, 4) is 5.75 Å². The third-order valence-electron chi connectivity index (χ3n) is 7.11. The molecule has 1 heterocycles. The number of hydrogen-bond donors (Lipinski definition) is 2. The number of carbonyl (C=O) groups excluding carboxylic acids is 1. The standard InChI is InChI=1S/C25H27Cl3FN3O3/c1-14-16(5-6-17(26)21(14)28)25(8-2-3-9-25)13-32-12-20(33)23(34)22(31-32)24(35)30-11-15-4-7-19(29)18(27)10-15/h4-7,12,14,18,21,33H,2-3,8-11,13H2,1H3,(H,30,35). The fraction of sp³-hybridized carbons (Fsp3) is 0.480. The first-order chi connectivity index (χ1) is 16.6. The van der Waals surface area contributed by atoms with E-state index in [4.69, 9.17) is 34.8 Å².